The van der Waals surface area contributed by atoms with E-state index in [1.54, 1.807) is 7.11 Å². The topological polar surface area (TPSA) is 38.3 Å². The minimum absolute atomic E-state index is 0.0668. The predicted octanol–water partition coefficient (Wildman–Crippen LogP) is 2.12. The first-order chi connectivity index (χ1) is 8.74. The average Bonchev–Trinajstić information content (AvgIpc) is 2.92. The molecule has 3 nitrogen and oxygen atoms in total. The molecule has 0 radical (unpaired) electrons. The summed E-state index contributed by atoms with van der Waals surface area (Å²) in [6.07, 6.45) is 3.54. The molecule has 1 aliphatic rings. The molecular weight excluding hydrogens is 226 g/mol. The van der Waals surface area contributed by atoms with E-state index in [9.17, 15) is 4.79 Å². The van der Waals surface area contributed by atoms with Gasteiger partial charge in [0.1, 0.15) is 5.75 Å². The number of hydrogen-bond acceptors (Lipinski definition) is 3. The van der Waals surface area contributed by atoms with Crippen molar-refractivity contribution in [2.24, 2.45) is 0 Å². The molecule has 1 atom stereocenters. The fourth-order valence-electron chi connectivity index (χ4n) is 2.50. The van der Waals surface area contributed by atoms with Crippen LogP contribution in [0.4, 0.5) is 0 Å². The van der Waals surface area contributed by atoms with Crippen molar-refractivity contribution in [2.75, 3.05) is 13.7 Å². The van der Waals surface area contributed by atoms with E-state index in [1.807, 2.05) is 12.1 Å². The first-order valence-corrected chi connectivity index (χ1v) is 6.66. The summed E-state index contributed by atoms with van der Waals surface area (Å²) in [5.74, 6) is 1.22. The molecule has 2 rings (SSSR count). The molecule has 0 saturated carbocycles. The van der Waals surface area contributed by atoms with Crippen LogP contribution < -0.4 is 10.1 Å². The second-order valence-corrected chi connectivity index (χ2v) is 4.79. The van der Waals surface area contributed by atoms with Crippen molar-refractivity contribution in [2.45, 2.75) is 38.6 Å². The first kappa shape index (κ1) is 13.1. The lowest BCUT2D eigenvalue weighted by atomic mass is 10.00. The van der Waals surface area contributed by atoms with Gasteiger partial charge in [-0.05, 0) is 43.0 Å². The molecular formula is C15H21NO2. The zero-order valence-corrected chi connectivity index (χ0v) is 11.2. The highest BCUT2D eigenvalue weighted by molar-refractivity contribution is 5.86. The number of carbonyl (C=O) groups is 1. The van der Waals surface area contributed by atoms with E-state index in [1.165, 1.54) is 5.56 Å². The molecule has 1 aliphatic heterocycles. The smallest absolute Gasteiger partial charge is 0.154 e. The van der Waals surface area contributed by atoms with Crippen LogP contribution in [-0.4, -0.2) is 25.5 Å². The summed E-state index contributed by atoms with van der Waals surface area (Å²) < 4.78 is 5.30. The molecule has 1 N–H and O–H groups in total. The second-order valence-electron chi connectivity index (χ2n) is 4.79. The van der Waals surface area contributed by atoms with Crippen LogP contribution >= 0.6 is 0 Å². The maximum absolute atomic E-state index is 12.1. The second kappa shape index (κ2) is 6.01. The number of aryl methyl sites for hydroxylation is 1. The summed E-state index contributed by atoms with van der Waals surface area (Å²) in [5, 5.41) is 3.25. The molecule has 0 spiro atoms. The summed E-state index contributed by atoms with van der Waals surface area (Å²) in [4.78, 5) is 12.1. The third-order valence-electron chi connectivity index (χ3n) is 3.55. The van der Waals surface area contributed by atoms with E-state index < -0.39 is 0 Å². The van der Waals surface area contributed by atoms with Gasteiger partial charge in [0.25, 0.3) is 0 Å². The fourth-order valence-corrected chi connectivity index (χ4v) is 2.50. The highest BCUT2D eigenvalue weighted by atomic mass is 16.5. The van der Waals surface area contributed by atoms with Gasteiger partial charge in [-0.25, -0.2) is 0 Å². The van der Waals surface area contributed by atoms with Gasteiger partial charge >= 0.3 is 0 Å². The Bertz CT molecular complexity index is 423. The van der Waals surface area contributed by atoms with Gasteiger partial charge in [0.15, 0.2) is 5.78 Å². The van der Waals surface area contributed by atoms with E-state index in [-0.39, 0.29) is 6.04 Å². The highest BCUT2D eigenvalue weighted by Crippen LogP contribution is 2.21. The Morgan fingerprint density at radius 2 is 2.33 bits per heavy atom. The molecule has 0 aromatic heterocycles. The Hall–Kier alpha value is -1.35. The molecule has 0 aliphatic carbocycles. The van der Waals surface area contributed by atoms with Crippen molar-refractivity contribution in [1.29, 1.82) is 0 Å². The normalized spacial score (nSPS) is 18.9. The Morgan fingerprint density at radius 3 is 2.94 bits per heavy atom. The van der Waals surface area contributed by atoms with Crippen molar-refractivity contribution in [1.82, 2.24) is 5.32 Å². The molecule has 18 heavy (non-hydrogen) atoms. The molecule has 1 fully saturated rings. The summed E-state index contributed by atoms with van der Waals surface area (Å²) >= 11 is 0. The van der Waals surface area contributed by atoms with Crippen LogP contribution in [0, 0.1) is 0 Å². The fraction of sp³-hybridized carbons (Fsp3) is 0.533. The summed E-state index contributed by atoms with van der Waals surface area (Å²) in [6, 6.07) is 6.11. The Labute approximate surface area is 109 Å². The van der Waals surface area contributed by atoms with Gasteiger partial charge in [-0.2, -0.15) is 0 Å². The number of ether oxygens (including phenoxy) is 1. The Balaban J connectivity index is 2.06. The zero-order chi connectivity index (χ0) is 13.0. The van der Waals surface area contributed by atoms with Gasteiger partial charge in [-0.1, -0.05) is 19.1 Å². The van der Waals surface area contributed by atoms with E-state index in [4.69, 9.17) is 4.74 Å². The molecule has 1 saturated heterocycles. The van der Waals surface area contributed by atoms with E-state index in [0.717, 1.165) is 37.1 Å². The number of Topliss-reactive ketones (excluding diaryl/α,β-unsaturated/α-hetero) is 1. The van der Waals surface area contributed by atoms with Crippen LogP contribution in [-0.2, 0) is 17.6 Å². The van der Waals surface area contributed by atoms with Crippen LogP contribution in [0.5, 0.6) is 5.75 Å². The van der Waals surface area contributed by atoms with Gasteiger partial charge < -0.3 is 10.1 Å². The third-order valence-corrected chi connectivity index (χ3v) is 3.55. The van der Waals surface area contributed by atoms with Gasteiger partial charge in [0.05, 0.1) is 13.2 Å². The number of methoxy groups -OCH3 is 1. The number of carbonyl (C=O) groups excluding carboxylic acids is 1. The Kier molecular flexibility index (Phi) is 4.37. The lowest BCUT2D eigenvalue weighted by molar-refractivity contribution is -0.120. The van der Waals surface area contributed by atoms with E-state index >= 15 is 0 Å². The van der Waals surface area contributed by atoms with Gasteiger partial charge in [-0.15, -0.1) is 0 Å². The maximum Gasteiger partial charge on any atom is 0.154 e. The molecule has 1 aromatic carbocycles. The van der Waals surface area contributed by atoms with Crippen LogP contribution in [0.2, 0.25) is 0 Å². The monoisotopic (exact) mass is 247 g/mol. The third kappa shape index (κ3) is 2.91. The van der Waals surface area contributed by atoms with Gasteiger partial charge in [-0.3, -0.25) is 4.79 Å². The van der Waals surface area contributed by atoms with Crippen molar-refractivity contribution >= 4 is 5.78 Å². The van der Waals surface area contributed by atoms with Crippen molar-refractivity contribution in [3.8, 4) is 5.75 Å². The van der Waals surface area contributed by atoms with Gasteiger partial charge in [0, 0.05) is 6.42 Å². The lowest BCUT2D eigenvalue weighted by Gasteiger charge is -2.11. The molecule has 0 amide bonds. The summed E-state index contributed by atoms with van der Waals surface area (Å²) in [5.41, 5.74) is 2.26. The van der Waals surface area contributed by atoms with Crippen molar-refractivity contribution in [3.63, 3.8) is 0 Å². The molecule has 1 heterocycles. The standard InChI is InChI=1S/C15H21NO2/c1-3-12-9-11(6-7-15(12)18-2)10-14(17)13-5-4-8-16-13/h6-7,9,13,16H,3-5,8,10H2,1-2H3. The highest BCUT2D eigenvalue weighted by Gasteiger charge is 2.21. The minimum Gasteiger partial charge on any atom is -0.496 e. The molecule has 1 unspecified atom stereocenters. The largest absolute Gasteiger partial charge is 0.496 e. The van der Waals surface area contributed by atoms with Crippen LogP contribution in [0.15, 0.2) is 18.2 Å². The van der Waals surface area contributed by atoms with Crippen LogP contribution in [0.25, 0.3) is 0 Å². The summed E-state index contributed by atoms with van der Waals surface area (Å²) in [6.45, 7) is 3.07. The van der Waals surface area contributed by atoms with E-state index in [0.29, 0.717) is 12.2 Å². The predicted molar refractivity (Wildman–Crippen MR) is 72.1 cm³/mol. The number of rotatable bonds is 5. The number of nitrogens with one attached hydrogen (secondary N) is 1. The zero-order valence-electron chi connectivity index (χ0n) is 11.2. The first-order valence-electron chi connectivity index (χ1n) is 6.66. The number of benzene rings is 1. The van der Waals surface area contributed by atoms with Crippen molar-refractivity contribution in [3.05, 3.63) is 29.3 Å². The quantitative estimate of drug-likeness (QED) is 0.866. The molecule has 3 heteroatoms. The lowest BCUT2D eigenvalue weighted by Crippen LogP contribution is -2.31. The minimum atomic E-state index is 0.0668. The van der Waals surface area contributed by atoms with Crippen molar-refractivity contribution < 1.29 is 9.53 Å². The molecule has 98 valence electrons. The maximum atomic E-state index is 12.1. The average molecular weight is 247 g/mol. The summed E-state index contributed by atoms with van der Waals surface area (Å²) in [7, 11) is 1.68. The van der Waals surface area contributed by atoms with Gasteiger partial charge in [0.2, 0.25) is 0 Å². The van der Waals surface area contributed by atoms with Crippen LogP contribution in [0.3, 0.4) is 0 Å². The number of ketones is 1. The molecule has 0 bridgehead atoms. The SMILES string of the molecule is CCc1cc(CC(=O)C2CCCN2)ccc1OC. The molecule has 1 aromatic rings. The van der Waals surface area contributed by atoms with Crippen LogP contribution in [0.1, 0.15) is 30.9 Å². The Morgan fingerprint density at radius 1 is 1.50 bits per heavy atom. The van der Waals surface area contributed by atoms with E-state index in [2.05, 4.69) is 18.3 Å². The number of hydrogen-bond donors (Lipinski definition) is 1.